The van der Waals surface area contributed by atoms with Crippen LogP contribution in [0.15, 0.2) is 11.6 Å². The first-order valence-corrected chi connectivity index (χ1v) is 14.4. The second-order valence-electron chi connectivity index (χ2n) is 15.5. The lowest BCUT2D eigenvalue weighted by atomic mass is 9.31. The second kappa shape index (κ2) is 7.78. The van der Waals surface area contributed by atoms with Gasteiger partial charge in [0.05, 0.1) is 5.57 Å². The third-order valence-corrected chi connectivity index (χ3v) is 13.3. The number of aliphatic hydroxyl groups is 1. The van der Waals surface area contributed by atoms with E-state index in [2.05, 4.69) is 40.7 Å². The summed E-state index contributed by atoms with van der Waals surface area (Å²) in [6, 6.07) is 2.22. The number of carbonyl (C=O) groups excluding carboxylic acids is 2. The van der Waals surface area contributed by atoms with Crippen molar-refractivity contribution in [2.45, 2.75) is 106 Å². The summed E-state index contributed by atoms with van der Waals surface area (Å²) >= 11 is 0. The van der Waals surface area contributed by atoms with Gasteiger partial charge in [-0.05, 0) is 96.2 Å². The maximum Gasteiger partial charge on any atom is 0.178 e. The normalized spacial score (nSPS) is 49.0. The molecule has 0 spiro atoms. The lowest BCUT2D eigenvalue weighted by Crippen LogP contribution is -2.68. The van der Waals surface area contributed by atoms with E-state index in [1.165, 1.54) is 6.42 Å². The van der Waals surface area contributed by atoms with Crippen LogP contribution in [0.1, 0.15) is 106 Å². The third-order valence-electron chi connectivity index (χ3n) is 13.3. The van der Waals surface area contributed by atoms with Gasteiger partial charge in [-0.3, -0.25) is 9.59 Å². The Bertz CT molecular complexity index is 1060. The van der Waals surface area contributed by atoms with Crippen molar-refractivity contribution in [3.8, 4) is 6.07 Å². The molecule has 198 valence electrons. The number of ketones is 2. The Morgan fingerprint density at radius 1 is 0.944 bits per heavy atom. The van der Waals surface area contributed by atoms with Gasteiger partial charge in [0.1, 0.15) is 11.9 Å². The van der Waals surface area contributed by atoms with Crippen LogP contribution < -0.4 is 0 Å². The van der Waals surface area contributed by atoms with Gasteiger partial charge in [-0.1, -0.05) is 54.5 Å². The molecule has 1 N–H and O–H groups in total. The zero-order valence-electron chi connectivity index (χ0n) is 23.7. The van der Waals surface area contributed by atoms with E-state index in [1.54, 1.807) is 0 Å². The number of Topliss-reactive ketones (excluding diaryl/α,β-unsaturated/α-hetero) is 2. The summed E-state index contributed by atoms with van der Waals surface area (Å²) < 4.78 is 0. The number of carbonyl (C=O) groups is 2. The molecule has 5 rings (SSSR count). The van der Waals surface area contributed by atoms with Crippen molar-refractivity contribution in [1.82, 2.24) is 0 Å². The Morgan fingerprint density at radius 2 is 1.61 bits per heavy atom. The highest BCUT2D eigenvalue weighted by Crippen LogP contribution is 2.76. The zero-order valence-corrected chi connectivity index (χ0v) is 23.7. The van der Waals surface area contributed by atoms with E-state index in [0.717, 1.165) is 44.9 Å². The molecule has 4 heteroatoms. The molecule has 0 aromatic heterocycles. The van der Waals surface area contributed by atoms with E-state index in [4.69, 9.17) is 0 Å². The fourth-order valence-corrected chi connectivity index (χ4v) is 11.1. The molecule has 0 aromatic rings. The first-order valence-electron chi connectivity index (χ1n) is 14.4. The minimum Gasteiger partial charge on any atom is -0.396 e. The van der Waals surface area contributed by atoms with Crippen LogP contribution in [0.3, 0.4) is 0 Å². The molecule has 2 unspecified atom stereocenters. The minimum atomic E-state index is -0.590. The number of fused-ring (bicyclic) bond motifs is 7. The van der Waals surface area contributed by atoms with Crippen molar-refractivity contribution in [1.29, 1.82) is 5.26 Å². The lowest BCUT2D eigenvalue weighted by Gasteiger charge is -2.72. The van der Waals surface area contributed by atoms with Crippen LogP contribution in [-0.2, 0) is 9.59 Å². The van der Waals surface area contributed by atoms with Crippen LogP contribution in [0.25, 0.3) is 0 Å². The number of allylic oxidation sites excluding steroid dienone is 2. The Morgan fingerprint density at radius 3 is 2.25 bits per heavy atom. The number of rotatable bonds is 2. The minimum absolute atomic E-state index is 0.0295. The fraction of sp³-hybridized carbons (Fsp3) is 0.844. The third kappa shape index (κ3) is 3.14. The van der Waals surface area contributed by atoms with Crippen LogP contribution in [0.4, 0.5) is 0 Å². The monoisotopic (exact) mass is 493 g/mol. The average molecular weight is 494 g/mol. The predicted octanol–water partition coefficient (Wildman–Crippen LogP) is 6.67. The van der Waals surface area contributed by atoms with Crippen LogP contribution in [0, 0.1) is 67.5 Å². The van der Waals surface area contributed by atoms with Crippen LogP contribution in [0.5, 0.6) is 0 Å². The van der Waals surface area contributed by atoms with Gasteiger partial charge in [0.25, 0.3) is 0 Å². The molecule has 5 aliphatic carbocycles. The highest BCUT2D eigenvalue weighted by molar-refractivity contribution is 6.04. The van der Waals surface area contributed by atoms with Crippen molar-refractivity contribution in [3.05, 3.63) is 11.6 Å². The molecule has 0 amide bonds. The Labute approximate surface area is 218 Å². The Balaban J connectivity index is 1.63. The second-order valence-corrected chi connectivity index (χ2v) is 15.5. The first-order chi connectivity index (χ1) is 16.6. The zero-order chi connectivity index (χ0) is 26.5. The molecule has 0 aliphatic heterocycles. The van der Waals surface area contributed by atoms with Crippen molar-refractivity contribution in [3.63, 3.8) is 0 Å². The number of hydrogen-bond acceptors (Lipinski definition) is 4. The van der Waals surface area contributed by atoms with Crippen molar-refractivity contribution >= 4 is 11.6 Å². The van der Waals surface area contributed by atoms with Gasteiger partial charge in [-0.25, -0.2) is 0 Å². The molecule has 8 atom stereocenters. The summed E-state index contributed by atoms with van der Waals surface area (Å²) in [6.07, 6.45) is 10.9. The number of hydrogen-bond donors (Lipinski definition) is 1. The summed E-state index contributed by atoms with van der Waals surface area (Å²) in [5, 5.41) is 20.0. The number of nitrogens with zero attached hydrogens (tertiary/aromatic N) is 1. The van der Waals surface area contributed by atoms with Crippen LogP contribution in [0.2, 0.25) is 0 Å². The molecule has 0 saturated heterocycles. The largest absolute Gasteiger partial charge is 0.396 e. The highest BCUT2D eigenvalue weighted by Gasteiger charge is 2.71. The van der Waals surface area contributed by atoms with Gasteiger partial charge in [0.2, 0.25) is 0 Å². The Hall–Kier alpha value is -1.47. The molecule has 0 bridgehead atoms. The summed E-state index contributed by atoms with van der Waals surface area (Å²) in [5.74, 6) is 1.03. The molecule has 0 heterocycles. The van der Waals surface area contributed by atoms with Crippen molar-refractivity contribution in [2.75, 3.05) is 6.61 Å². The summed E-state index contributed by atoms with van der Waals surface area (Å²) in [5.41, 5.74) is -0.468. The van der Waals surface area contributed by atoms with Gasteiger partial charge in [-0.2, -0.15) is 5.26 Å². The molecule has 5 aliphatic rings. The van der Waals surface area contributed by atoms with Gasteiger partial charge in [0.15, 0.2) is 5.78 Å². The van der Waals surface area contributed by atoms with Crippen LogP contribution in [-0.4, -0.2) is 23.3 Å². The van der Waals surface area contributed by atoms with E-state index in [9.17, 15) is 20.0 Å². The maximum absolute atomic E-state index is 14.4. The predicted molar refractivity (Wildman–Crippen MR) is 141 cm³/mol. The molecule has 4 fully saturated rings. The van der Waals surface area contributed by atoms with Gasteiger partial charge in [-0.15, -0.1) is 0 Å². The highest BCUT2D eigenvalue weighted by atomic mass is 16.3. The number of nitriles is 1. The quantitative estimate of drug-likeness (QED) is 0.466. The van der Waals surface area contributed by atoms with Crippen molar-refractivity contribution < 1.29 is 14.7 Å². The van der Waals surface area contributed by atoms with Gasteiger partial charge < -0.3 is 5.11 Å². The maximum atomic E-state index is 14.4. The summed E-state index contributed by atoms with van der Waals surface area (Å²) in [4.78, 5) is 27.6. The topological polar surface area (TPSA) is 78.2 Å². The smallest absolute Gasteiger partial charge is 0.178 e. The molecule has 0 aromatic carbocycles. The molecule has 4 saturated carbocycles. The lowest BCUT2D eigenvalue weighted by molar-refractivity contribution is -0.224. The molecule has 0 radical (unpaired) electrons. The molecule has 4 nitrogen and oxygen atoms in total. The Kier molecular flexibility index (Phi) is 5.65. The molecule has 36 heavy (non-hydrogen) atoms. The van der Waals surface area contributed by atoms with E-state index in [1.807, 2.05) is 19.9 Å². The van der Waals surface area contributed by atoms with E-state index >= 15 is 0 Å². The number of aliphatic hydroxyl groups excluding tert-OH is 1. The van der Waals surface area contributed by atoms with Gasteiger partial charge >= 0.3 is 0 Å². The van der Waals surface area contributed by atoms with Gasteiger partial charge in [0, 0.05) is 24.4 Å². The van der Waals surface area contributed by atoms with E-state index in [0.29, 0.717) is 23.7 Å². The van der Waals surface area contributed by atoms with E-state index in [-0.39, 0.29) is 57.2 Å². The fourth-order valence-electron chi connectivity index (χ4n) is 11.1. The van der Waals surface area contributed by atoms with E-state index < -0.39 is 5.41 Å². The van der Waals surface area contributed by atoms with Crippen molar-refractivity contribution in [2.24, 2.45) is 56.2 Å². The van der Waals surface area contributed by atoms with Crippen LogP contribution >= 0.6 is 0 Å². The molecular weight excluding hydrogens is 446 g/mol. The summed E-state index contributed by atoms with van der Waals surface area (Å²) in [7, 11) is 0. The average Bonchev–Trinajstić information content (AvgIpc) is 2.79. The first kappa shape index (κ1) is 26.1. The molecular formula is C32H47NO3. The summed E-state index contributed by atoms with van der Waals surface area (Å²) in [6.45, 7) is 16.1. The SMILES string of the molecule is CC1(C)CC[C@]2(CCO)CC[C@]3(C)C(C(=O)C[C@@H]4[C@@]5(C)C=C(C#N)C(=O)C(C)(C)[C@@H]5CC[C@]43C)C2C1. The standard InChI is InChI=1S/C32H47NO3/c1-27(2)10-12-32(14-15-34)13-11-31(7)25(21(32)18-27)22(35)16-24-29(5)17-20(19-33)26(36)28(3,4)23(29)8-9-30(24,31)6/h17,21,23-25,34H,8-16,18H2,1-7H3/t21?,23-,24+,25?,29-,30+,31+,32+/m0/s1.